The van der Waals surface area contributed by atoms with Crippen molar-refractivity contribution in [2.75, 3.05) is 7.05 Å². The zero-order valence-electron chi connectivity index (χ0n) is 13.3. The number of carbonyl (C=O) groups excluding carboxylic acids is 2. The van der Waals surface area contributed by atoms with Gasteiger partial charge < -0.3 is 5.32 Å². The summed E-state index contributed by atoms with van der Waals surface area (Å²) < 4.78 is 0. The minimum atomic E-state index is -0.271. The molecular formula is C21H17NO2. The van der Waals surface area contributed by atoms with E-state index in [2.05, 4.69) is 5.32 Å². The third-order valence-corrected chi connectivity index (χ3v) is 3.96. The molecule has 1 amide bonds. The Morgan fingerprint density at radius 3 is 1.96 bits per heavy atom. The molecule has 0 unspecified atom stereocenters. The van der Waals surface area contributed by atoms with Crippen LogP contribution in [0.3, 0.4) is 0 Å². The average molecular weight is 315 g/mol. The molecule has 3 heteroatoms. The average Bonchev–Trinajstić information content (AvgIpc) is 2.67. The van der Waals surface area contributed by atoms with Crippen molar-refractivity contribution in [2.24, 2.45) is 0 Å². The molecule has 0 spiro atoms. The molecular weight excluding hydrogens is 298 g/mol. The van der Waals surface area contributed by atoms with Gasteiger partial charge in [-0.25, -0.2) is 0 Å². The van der Waals surface area contributed by atoms with Gasteiger partial charge in [-0.3, -0.25) is 9.59 Å². The van der Waals surface area contributed by atoms with Gasteiger partial charge in [-0.15, -0.1) is 0 Å². The summed E-state index contributed by atoms with van der Waals surface area (Å²) in [6, 6.07) is 23.2. The zero-order valence-corrected chi connectivity index (χ0v) is 13.3. The molecule has 1 N–H and O–H groups in total. The lowest BCUT2D eigenvalue weighted by Gasteiger charge is -2.13. The van der Waals surface area contributed by atoms with Crippen molar-refractivity contribution in [3.8, 4) is 22.3 Å². The Hall–Kier alpha value is -3.20. The van der Waals surface area contributed by atoms with E-state index in [1.807, 2.05) is 66.7 Å². The van der Waals surface area contributed by atoms with Crippen molar-refractivity contribution in [3.63, 3.8) is 0 Å². The van der Waals surface area contributed by atoms with Crippen LogP contribution in [0.5, 0.6) is 0 Å². The highest BCUT2D eigenvalue weighted by atomic mass is 16.1. The molecule has 0 aliphatic rings. The largest absolute Gasteiger partial charge is 0.355 e. The van der Waals surface area contributed by atoms with Gasteiger partial charge in [0.1, 0.15) is 0 Å². The Bertz CT molecular complexity index is 871. The molecule has 0 heterocycles. The van der Waals surface area contributed by atoms with E-state index < -0.39 is 0 Å². The molecule has 0 aliphatic heterocycles. The predicted octanol–water partition coefficient (Wildman–Crippen LogP) is 4.19. The number of rotatable bonds is 4. The molecule has 0 saturated carbocycles. The monoisotopic (exact) mass is 315 g/mol. The Morgan fingerprint density at radius 1 is 0.833 bits per heavy atom. The normalized spacial score (nSPS) is 10.2. The van der Waals surface area contributed by atoms with Crippen molar-refractivity contribution in [2.45, 2.75) is 0 Å². The van der Waals surface area contributed by atoms with Gasteiger partial charge in [0.05, 0.1) is 5.56 Å². The second-order valence-electron chi connectivity index (χ2n) is 5.41. The van der Waals surface area contributed by atoms with Crippen LogP contribution in [0.25, 0.3) is 22.3 Å². The summed E-state index contributed by atoms with van der Waals surface area (Å²) in [6.07, 6.45) is 0.752. The van der Waals surface area contributed by atoms with Crippen LogP contribution >= 0.6 is 0 Å². The summed E-state index contributed by atoms with van der Waals surface area (Å²) in [4.78, 5) is 24.0. The van der Waals surface area contributed by atoms with Crippen LogP contribution in [0.1, 0.15) is 20.7 Å². The molecule has 118 valence electrons. The van der Waals surface area contributed by atoms with Crippen LogP contribution in [-0.4, -0.2) is 19.2 Å². The van der Waals surface area contributed by atoms with Crippen molar-refractivity contribution in [1.82, 2.24) is 5.32 Å². The molecule has 0 radical (unpaired) electrons. The van der Waals surface area contributed by atoms with Crippen LogP contribution in [-0.2, 0) is 0 Å². The highest BCUT2D eigenvalue weighted by molar-refractivity contribution is 6.06. The summed E-state index contributed by atoms with van der Waals surface area (Å²) in [5.74, 6) is -0.271. The van der Waals surface area contributed by atoms with Gasteiger partial charge in [-0.1, -0.05) is 60.7 Å². The summed E-state index contributed by atoms with van der Waals surface area (Å²) in [5.41, 5.74) is 4.34. The lowest BCUT2D eigenvalue weighted by molar-refractivity contribution is 0.0957. The summed E-state index contributed by atoms with van der Waals surface area (Å²) in [6.45, 7) is 0. The number of aldehydes is 1. The first-order valence-electron chi connectivity index (χ1n) is 7.70. The van der Waals surface area contributed by atoms with E-state index >= 15 is 0 Å². The number of hydrogen-bond donors (Lipinski definition) is 1. The molecule has 0 aromatic heterocycles. The zero-order chi connectivity index (χ0) is 16.9. The Labute approximate surface area is 141 Å². The number of benzene rings is 3. The molecule has 3 aromatic rings. The Morgan fingerprint density at radius 2 is 1.42 bits per heavy atom. The Balaban J connectivity index is 2.30. The minimum Gasteiger partial charge on any atom is -0.355 e. The molecule has 0 saturated heterocycles. The number of nitrogens with one attached hydrogen (secondary N) is 1. The lowest BCUT2D eigenvalue weighted by atomic mass is 9.91. The maximum atomic E-state index is 12.3. The van der Waals surface area contributed by atoms with E-state index in [9.17, 15) is 9.59 Å². The third kappa shape index (κ3) is 2.97. The van der Waals surface area contributed by atoms with Crippen LogP contribution < -0.4 is 5.32 Å². The van der Waals surface area contributed by atoms with Crippen LogP contribution in [0, 0.1) is 0 Å². The second-order valence-corrected chi connectivity index (χ2v) is 5.41. The molecule has 0 aliphatic carbocycles. The first kappa shape index (κ1) is 15.7. The van der Waals surface area contributed by atoms with Gasteiger partial charge in [-0.05, 0) is 34.4 Å². The third-order valence-electron chi connectivity index (χ3n) is 3.96. The van der Waals surface area contributed by atoms with E-state index in [-0.39, 0.29) is 5.91 Å². The van der Waals surface area contributed by atoms with E-state index in [1.54, 1.807) is 13.1 Å². The first-order chi connectivity index (χ1) is 11.7. The van der Waals surface area contributed by atoms with E-state index in [4.69, 9.17) is 0 Å². The Kier molecular flexibility index (Phi) is 4.52. The highest BCUT2D eigenvalue weighted by Crippen LogP contribution is 2.31. The van der Waals surface area contributed by atoms with Gasteiger partial charge >= 0.3 is 0 Å². The first-order valence-corrected chi connectivity index (χ1v) is 7.70. The lowest BCUT2D eigenvalue weighted by Crippen LogP contribution is -2.20. The van der Waals surface area contributed by atoms with E-state index in [0.717, 1.165) is 28.5 Å². The van der Waals surface area contributed by atoms with Gasteiger partial charge in [0.15, 0.2) is 6.29 Å². The summed E-state index contributed by atoms with van der Waals surface area (Å²) >= 11 is 0. The van der Waals surface area contributed by atoms with Crippen LogP contribution in [0.4, 0.5) is 0 Å². The quantitative estimate of drug-likeness (QED) is 0.734. The van der Waals surface area contributed by atoms with Gasteiger partial charge in [0, 0.05) is 12.6 Å². The minimum absolute atomic E-state index is 0.271. The topological polar surface area (TPSA) is 46.2 Å². The second kappa shape index (κ2) is 6.92. The van der Waals surface area contributed by atoms with E-state index in [1.165, 1.54) is 0 Å². The molecule has 3 aromatic carbocycles. The maximum absolute atomic E-state index is 12.3. The van der Waals surface area contributed by atoms with Crippen molar-refractivity contribution >= 4 is 12.2 Å². The van der Waals surface area contributed by atoms with Crippen molar-refractivity contribution < 1.29 is 9.59 Å². The smallest absolute Gasteiger partial charge is 0.251 e. The fraction of sp³-hybridized carbons (Fsp3) is 0.0476. The van der Waals surface area contributed by atoms with Gasteiger partial charge in [-0.2, -0.15) is 0 Å². The molecule has 3 rings (SSSR count). The van der Waals surface area contributed by atoms with Crippen molar-refractivity contribution in [3.05, 3.63) is 83.9 Å². The van der Waals surface area contributed by atoms with E-state index in [0.29, 0.717) is 11.1 Å². The maximum Gasteiger partial charge on any atom is 0.251 e. The summed E-state index contributed by atoms with van der Waals surface area (Å²) in [5, 5.41) is 2.62. The molecule has 0 atom stereocenters. The standard InChI is InChI=1S/C21H17NO2/c1-22-21(24)19-13-17(15-8-4-2-5-9-15)12-18(20(19)14-23)16-10-6-3-7-11-16/h2-14H,1H3,(H,22,24). The fourth-order valence-electron chi connectivity index (χ4n) is 2.76. The predicted molar refractivity (Wildman–Crippen MR) is 96.1 cm³/mol. The molecule has 3 nitrogen and oxygen atoms in total. The number of amides is 1. The summed E-state index contributed by atoms with van der Waals surface area (Å²) in [7, 11) is 1.56. The van der Waals surface area contributed by atoms with Crippen LogP contribution in [0.2, 0.25) is 0 Å². The fourth-order valence-corrected chi connectivity index (χ4v) is 2.76. The van der Waals surface area contributed by atoms with Crippen LogP contribution in [0.15, 0.2) is 72.8 Å². The van der Waals surface area contributed by atoms with Gasteiger partial charge in [0.2, 0.25) is 0 Å². The molecule has 24 heavy (non-hydrogen) atoms. The molecule has 0 fully saturated rings. The molecule has 0 bridgehead atoms. The number of hydrogen-bond acceptors (Lipinski definition) is 2. The van der Waals surface area contributed by atoms with Gasteiger partial charge in [0.25, 0.3) is 5.91 Å². The SMILES string of the molecule is CNC(=O)c1cc(-c2ccccc2)cc(-c2ccccc2)c1C=O. The van der Waals surface area contributed by atoms with Crippen molar-refractivity contribution in [1.29, 1.82) is 0 Å². The highest BCUT2D eigenvalue weighted by Gasteiger charge is 2.17. The number of carbonyl (C=O) groups is 2.